The highest BCUT2D eigenvalue weighted by Gasteiger charge is 2.40. The number of halogens is 3. The van der Waals surface area contributed by atoms with Gasteiger partial charge in [-0.2, -0.15) is 18.4 Å². The topological polar surface area (TPSA) is 96.9 Å². The molecule has 0 unspecified atom stereocenters. The summed E-state index contributed by atoms with van der Waals surface area (Å²) in [5, 5.41) is 14.3. The number of hydrogen-bond donors (Lipinski definition) is 1. The van der Waals surface area contributed by atoms with Gasteiger partial charge in [0.25, 0.3) is 0 Å². The first-order valence-corrected chi connectivity index (χ1v) is 12.1. The molecule has 0 radical (unpaired) electrons. The van der Waals surface area contributed by atoms with E-state index >= 15 is 0 Å². The van der Waals surface area contributed by atoms with Gasteiger partial charge in [0.05, 0.1) is 6.61 Å². The Labute approximate surface area is 209 Å². The maximum absolute atomic E-state index is 13.6. The lowest BCUT2D eigenvalue weighted by atomic mass is 9.98. The first kappa shape index (κ1) is 25.3. The number of rotatable bonds is 9. The van der Waals surface area contributed by atoms with Gasteiger partial charge < -0.3 is 9.64 Å². The van der Waals surface area contributed by atoms with Gasteiger partial charge in [0.2, 0.25) is 5.82 Å². The zero-order chi connectivity index (χ0) is 25.7. The number of anilines is 1. The summed E-state index contributed by atoms with van der Waals surface area (Å²) in [5.74, 6) is -0.542. The number of tetrazole rings is 1. The number of H-pyrrole nitrogens is 1. The predicted octanol–water partition coefficient (Wildman–Crippen LogP) is 5.60. The lowest BCUT2D eigenvalue weighted by Crippen LogP contribution is -2.23. The van der Waals surface area contributed by atoms with Gasteiger partial charge in [-0.1, -0.05) is 66.8 Å². The minimum absolute atomic E-state index is 0.0236. The third-order valence-electron chi connectivity index (χ3n) is 5.26. The number of benzene rings is 2. The van der Waals surface area contributed by atoms with E-state index in [4.69, 9.17) is 4.74 Å². The Morgan fingerprint density at radius 2 is 1.81 bits per heavy atom. The van der Waals surface area contributed by atoms with Crippen LogP contribution in [-0.2, 0) is 17.5 Å². The van der Waals surface area contributed by atoms with Crippen LogP contribution in [-0.4, -0.2) is 44.7 Å². The van der Waals surface area contributed by atoms with Crippen molar-refractivity contribution in [2.45, 2.75) is 33.0 Å². The number of nitrogens with zero attached hydrogens (tertiary/aromatic N) is 5. The van der Waals surface area contributed by atoms with E-state index in [9.17, 15) is 18.0 Å². The number of aromatic amines is 1. The van der Waals surface area contributed by atoms with Crippen molar-refractivity contribution in [2.24, 2.45) is 0 Å². The lowest BCUT2D eigenvalue weighted by molar-refractivity contribution is -0.141. The molecule has 8 nitrogen and oxygen atoms in total. The quantitative estimate of drug-likeness (QED) is 0.289. The molecule has 2 heterocycles. The van der Waals surface area contributed by atoms with Crippen LogP contribution in [0.1, 0.15) is 41.2 Å². The number of hydrogen-bond acceptors (Lipinski definition) is 8. The van der Waals surface area contributed by atoms with Crippen LogP contribution in [0.15, 0.2) is 48.5 Å². The number of carbonyl (C=O) groups excluding carboxylic acids is 1. The number of alkyl halides is 3. The van der Waals surface area contributed by atoms with Crippen molar-refractivity contribution in [2.75, 3.05) is 18.1 Å². The molecule has 0 aliphatic carbocycles. The summed E-state index contributed by atoms with van der Waals surface area (Å²) in [4.78, 5) is 17.2. The van der Waals surface area contributed by atoms with Crippen molar-refractivity contribution in [3.8, 4) is 22.5 Å². The van der Waals surface area contributed by atoms with Gasteiger partial charge in [0, 0.05) is 18.7 Å². The molecule has 12 heteroatoms. The maximum Gasteiger partial charge on any atom is 0.435 e. The normalized spacial score (nSPS) is 11.5. The van der Waals surface area contributed by atoms with Crippen molar-refractivity contribution in [1.29, 1.82) is 0 Å². The van der Waals surface area contributed by atoms with Crippen molar-refractivity contribution in [3.63, 3.8) is 0 Å². The highest BCUT2D eigenvalue weighted by atomic mass is 32.1. The summed E-state index contributed by atoms with van der Waals surface area (Å²) in [5.41, 5.74) is 2.34. The van der Waals surface area contributed by atoms with E-state index in [1.165, 1.54) is 0 Å². The Kier molecular flexibility index (Phi) is 7.63. The van der Waals surface area contributed by atoms with Gasteiger partial charge in [0.15, 0.2) is 10.8 Å². The lowest BCUT2D eigenvalue weighted by Gasteiger charge is -2.21. The van der Waals surface area contributed by atoms with E-state index in [0.717, 1.165) is 22.3 Å². The second-order valence-electron chi connectivity index (χ2n) is 7.79. The number of esters is 1. The molecule has 0 amide bonds. The maximum atomic E-state index is 13.6. The fraction of sp³-hybridized carbons (Fsp3) is 0.292. The van der Waals surface area contributed by atoms with E-state index in [0.29, 0.717) is 36.7 Å². The molecule has 0 aliphatic rings. The molecule has 0 fully saturated rings. The van der Waals surface area contributed by atoms with Crippen molar-refractivity contribution in [1.82, 2.24) is 25.6 Å². The second-order valence-corrected chi connectivity index (χ2v) is 8.77. The Bertz CT molecular complexity index is 1310. The third-order valence-corrected chi connectivity index (χ3v) is 6.36. The third kappa shape index (κ3) is 5.54. The van der Waals surface area contributed by atoms with Gasteiger partial charge in [-0.3, -0.25) is 0 Å². The van der Waals surface area contributed by atoms with Gasteiger partial charge in [0.1, 0.15) is 4.88 Å². The number of aromatic nitrogens is 5. The first-order chi connectivity index (χ1) is 17.3. The van der Waals surface area contributed by atoms with Crippen LogP contribution in [0, 0.1) is 0 Å². The minimum Gasteiger partial charge on any atom is -0.462 e. The molecule has 0 spiro atoms. The summed E-state index contributed by atoms with van der Waals surface area (Å²) in [6.45, 7) is 4.24. The largest absolute Gasteiger partial charge is 0.462 e. The predicted molar refractivity (Wildman–Crippen MR) is 129 cm³/mol. The zero-order valence-electron chi connectivity index (χ0n) is 19.5. The van der Waals surface area contributed by atoms with E-state index in [2.05, 4.69) is 25.6 Å². The molecule has 0 atom stereocenters. The van der Waals surface area contributed by atoms with Crippen LogP contribution >= 0.6 is 11.3 Å². The van der Waals surface area contributed by atoms with E-state index in [1.807, 2.05) is 55.5 Å². The molecule has 0 aliphatic heterocycles. The fourth-order valence-corrected chi connectivity index (χ4v) is 4.70. The Balaban J connectivity index is 1.61. The van der Waals surface area contributed by atoms with Gasteiger partial charge in [-0.25, -0.2) is 9.78 Å². The van der Waals surface area contributed by atoms with E-state index in [1.54, 1.807) is 11.8 Å². The van der Waals surface area contributed by atoms with Crippen molar-refractivity contribution < 1.29 is 22.7 Å². The molecular weight excluding hydrogens is 493 g/mol. The molecule has 1 N–H and O–H groups in total. The molecule has 2 aromatic heterocycles. The summed E-state index contributed by atoms with van der Waals surface area (Å²) < 4.78 is 45.6. The Hall–Kier alpha value is -3.80. The molecule has 4 rings (SSSR count). The summed E-state index contributed by atoms with van der Waals surface area (Å²) in [6.07, 6.45) is -4.08. The summed E-state index contributed by atoms with van der Waals surface area (Å²) >= 11 is 0.700. The van der Waals surface area contributed by atoms with Crippen LogP contribution in [0.2, 0.25) is 0 Å². The molecule has 0 saturated heterocycles. The molecule has 0 saturated carbocycles. The van der Waals surface area contributed by atoms with E-state index in [-0.39, 0.29) is 11.7 Å². The van der Waals surface area contributed by atoms with Gasteiger partial charge >= 0.3 is 12.1 Å². The fourth-order valence-electron chi connectivity index (χ4n) is 3.70. The van der Waals surface area contributed by atoms with Crippen LogP contribution < -0.4 is 4.90 Å². The van der Waals surface area contributed by atoms with Gasteiger partial charge in [-0.15, -0.1) is 10.2 Å². The molecule has 0 bridgehead atoms. The van der Waals surface area contributed by atoms with Crippen molar-refractivity contribution in [3.05, 3.63) is 64.7 Å². The standard InChI is InChI=1S/C24H23F3N6O2S/c1-3-13-33(23-28-20(24(25,26)27)19(36-23)22(34)35-4-2)14-15-9-11-16(12-10-15)17-7-5-6-8-18(17)21-29-31-32-30-21/h5-12H,3-4,13-14H2,1-2H3,(H,29,30,31,32). The van der Waals surface area contributed by atoms with E-state index < -0.39 is 22.7 Å². The monoisotopic (exact) mass is 516 g/mol. The number of nitrogens with one attached hydrogen (secondary N) is 1. The molecule has 36 heavy (non-hydrogen) atoms. The number of ether oxygens (including phenoxy) is 1. The molecule has 4 aromatic rings. The zero-order valence-corrected chi connectivity index (χ0v) is 20.4. The number of thiazole rings is 1. The average Bonchev–Trinajstić information content (AvgIpc) is 3.55. The SMILES string of the molecule is CCCN(Cc1ccc(-c2ccccc2-c2nn[nH]n2)cc1)c1nc(C(F)(F)F)c(C(=O)OCC)s1. The molecular formula is C24H23F3N6O2S. The van der Waals surface area contributed by atoms with Crippen molar-refractivity contribution >= 4 is 22.4 Å². The van der Waals surface area contributed by atoms with Crippen LogP contribution in [0.3, 0.4) is 0 Å². The highest BCUT2D eigenvalue weighted by molar-refractivity contribution is 7.17. The average molecular weight is 517 g/mol. The summed E-state index contributed by atoms with van der Waals surface area (Å²) in [7, 11) is 0. The smallest absolute Gasteiger partial charge is 0.435 e. The molecule has 188 valence electrons. The van der Waals surface area contributed by atoms with Gasteiger partial charge in [-0.05, 0) is 35.2 Å². The number of carbonyl (C=O) groups is 1. The van der Waals surface area contributed by atoms with Crippen LogP contribution in [0.25, 0.3) is 22.5 Å². The highest BCUT2D eigenvalue weighted by Crippen LogP contribution is 2.38. The minimum atomic E-state index is -4.76. The van der Waals surface area contributed by atoms with Crippen LogP contribution in [0.5, 0.6) is 0 Å². The second kappa shape index (κ2) is 10.9. The summed E-state index contributed by atoms with van der Waals surface area (Å²) in [6, 6.07) is 15.4. The Morgan fingerprint density at radius 1 is 1.08 bits per heavy atom. The molecule has 2 aromatic carbocycles. The first-order valence-electron chi connectivity index (χ1n) is 11.2. The Morgan fingerprint density at radius 3 is 2.42 bits per heavy atom. The van der Waals surface area contributed by atoms with Crippen LogP contribution in [0.4, 0.5) is 18.3 Å².